The molecule has 122 valence electrons. The lowest BCUT2D eigenvalue weighted by Gasteiger charge is -2.31. The molecule has 0 radical (unpaired) electrons. The highest BCUT2D eigenvalue weighted by molar-refractivity contribution is 5.71. The van der Waals surface area contributed by atoms with Crippen molar-refractivity contribution in [1.82, 2.24) is 4.90 Å². The van der Waals surface area contributed by atoms with E-state index in [4.69, 9.17) is 9.84 Å². The molecule has 0 saturated heterocycles. The van der Waals surface area contributed by atoms with Gasteiger partial charge in [0.2, 0.25) is 0 Å². The van der Waals surface area contributed by atoms with Crippen LogP contribution in [0, 0.1) is 0 Å². The van der Waals surface area contributed by atoms with Crippen molar-refractivity contribution in [3.8, 4) is 0 Å². The van der Waals surface area contributed by atoms with Crippen LogP contribution in [-0.2, 0) is 16.0 Å². The molecule has 0 aliphatic rings. The molecule has 0 saturated carbocycles. The summed E-state index contributed by atoms with van der Waals surface area (Å²) in [6, 6.07) is 9.65. The molecule has 5 heteroatoms. The van der Waals surface area contributed by atoms with Gasteiger partial charge in [0.05, 0.1) is 6.42 Å². The number of hydrogen-bond donors (Lipinski definition) is 1. The van der Waals surface area contributed by atoms with Crippen LogP contribution in [0.1, 0.15) is 39.7 Å². The van der Waals surface area contributed by atoms with Crippen molar-refractivity contribution in [3.63, 3.8) is 0 Å². The van der Waals surface area contributed by atoms with Crippen LogP contribution < -0.4 is 0 Å². The molecule has 1 atom stereocenters. The average Bonchev–Trinajstić information content (AvgIpc) is 2.37. The van der Waals surface area contributed by atoms with Crippen LogP contribution >= 0.6 is 0 Å². The standard InChI is InChI=1S/C17H25NO4/c1-13(12-14-8-6-5-7-9-14)18(11-10-15(19)20)16(21)22-17(2,3)4/h5-9,13H,10-12H2,1-4H3,(H,19,20)/t13-/m1/s1. The molecule has 0 aliphatic heterocycles. The maximum absolute atomic E-state index is 12.3. The third kappa shape index (κ3) is 6.61. The Labute approximate surface area is 131 Å². The van der Waals surface area contributed by atoms with E-state index in [0.717, 1.165) is 5.56 Å². The van der Waals surface area contributed by atoms with E-state index < -0.39 is 17.7 Å². The number of carbonyl (C=O) groups is 2. The van der Waals surface area contributed by atoms with Gasteiger partial charge in [-0.15, -0.1) is 0 Å². The molecule has 0 unspecified atom stereocenters. The summed E-state index contributed by atoms with van der Waals surface area (Å²) in [5.41, 5.74) is 0.490. The van der Waals surface area contributed by atoms with Gasteiger partial charge in [-0.3, -0.25) is 4.79 Å². The third-order valence-corrected chi connectivity index (χ3v) is 3.10. The molecule has 1 rings (SSSR count). The van der Waals surface area contributed by atoms with Crippen molar-refractivity contribution >= 4 is 12.1 Å². The Morgan fingerprint density at radius 1 is 1.23 bits per heavy atom. The predicted molar refractivity (Wildman–Crippen MR) is 84.8 cm³/mol. The van der Waals surface area contributed by atoms with Gasteiger partial charge in [-0.1, -0.05) is 30.3 Å². The lowest BCUT2D eigenvalue weighted by Crippen LogP contribution is -2.44. The summed E-state index contributed by atoms with van der Waals surface area (Å²) >= 11 is 0. The number of ether oxygens (including phenoxy) is 1. The number of hydrogen-bond acceptors (Lipinski definition) is 3. The zero-order chi connectivity index (χ0) is 16.8. The predicted octanol–water partition coefficient (Wildman–Crippen LogP) is 3.33. The smallest absolute Gasteiger partial charge is 0.410 e. The molecule has 0 bridgehead atoms. The molecular formula is C17H25NO4. The summed E-state index contributed by atoms with van der Waals surface area (Å²) in [6.07, 6.45) is 0.0788. The Kier molecular flexibility index (Phi) is 6.40. The molecule has 0 spiro atoms. The zero-order valence-electron chi connectivity index (χ0n) is 13.7. The molecule has 5 nitrogen and oxygen atoms in total. The summed E-state index contributed by atoms with van der Waals surface area (Å²) in [7, 11) is 0. The summed E-state index contributed by atoms with van der Waals surface area (Å²) < 4.78 is 5.39. The van der Waals surface area contributed by atoms with Gasteiger partial charge in [0.15, 0.2) is 0 Å². The highest BCUT2D eigenvalue weighted by Gasteiger charge is 2.26. The average molecular weight is 307 g/mol. The molecule has 22 heavy (non-hydrogen) atoms. The lowest BCUT2D eigenvalue weighted by molar-refractivity contribution is -0.137. The first-order valence-electron chi connectivity index (χ1n) is 7.44. The van der Waals surface area contributed by atoms with Crippen LogP contribution in [0.2, 0.25) is 0 Å². The normalized spacial score (nSPS) is 12.5. The first-order valence-corrected chi connectivity index (χ1v) is 7.44. The minimum Gasteiger partial charge on any atom is -0.481 e. The van der Waals surface area contributed by atoms with Crippen molar-refractivity contribution in [2.75, 3.05) is 6.54 Å². The first-order chi connectivity index (χ1) is 10.2. The van der Waals surface area contributed by atoms with Gasteiger partial charge in [0.1, 0.15) is 5.60 Å². The molecule has 1 aromatic carbocycles. The molecule has 0 aromatic heterocycles. The van der Waals surface area contributed by atoms with Crippen LogP contribution in [0.25, 0.3) is 0 Å². The Bertz CT molecular complexity index is 493. The number of carboxylic acids is 1. The van der Waals surface area contributed by atoms with E-state index in [1.54, 1.807) is 20.8 Å². The quantitative estimate of drug-likeness (QED) is 0.875. The second-order valence-corrected chi connectivity index (χ2v) is 6.36. The monoisotopic (exact) mass is 307 g/mol. The number of benzene rings is 1. The van der Waals surface area contributed by atoms with Crippen molar-refractivity contribution in [2.45, 2.75) is 52.2 Å². The van der Waals surface area contributed by atoms with E-state index in [-0.39, 0.29) is 19.0 Å². The fraction of sp³-hybridized carbons (Fsp3) is 0.529. The van der Waals surface area contributed by atoms with Crippen LogP contribution in [0.4, 0.5) is 4.79 Å². The Morgan fingerprint density at radius 3 is 2.32 bits per heavy atom. The number of carboxylic acid groups (broad SMARTS) is 1. The molecule has 0 heterocycles. The zero-order valence-corrected chi connectivity index (χ0v) is 13.7. The lowest BCUT2D eigenvalue weighted by atomic mass is 10.1. The van der Waals surface area contributed by atoms with E-state index in [9.17, 15) is 9.59 Å². The maximum atomic E-state index is 12.3. The minimum atomic E-state index is -0.930. The van der Waals surface area contributed by atoms with Crippen LogP contribution in [0.5, 0.6) is 0 Å². The van der Waals surface area contributed by atoms with Gasteiger partial charge < -0.3 is 14.7 Å². The molecule has 1 N–H and O–H groups in total. The second kappa shape index (κ2) is 7.82. The van der Waals surface area contributed by atoms with Gasteiger partial charge in [0, 0.05) is 12.6 Å². The maximum Gasteiger partial charge on any atom is 0.410 e. The summed E-state index contributed by atoms with van der Waals surface area (Å²) in [5.74, 6) is -0.930. The number of nitrogens with zero attached hydrogens (tertiary/aromatic N) is 1. The minimum absolute atomic E-state index is 0.0988. The van der Waals surface area contributed by atoms with Crippen molar-refractivity contribution < 1.29 is 19.4 Å². The third-order valence-electron chi connectivity index (χ3n) is 3.10. The number of carbonyl (C=O) groups excluding carboxylic acids is 1. The fourth-order valence-electron chi connectivity index (χ4n) is 2.09. The Morgan fingerprint density at radius 2 is 1.82 bits per heavy atom. The Balaban J connectivity index is 2.79. The molecule has 1 amide bonds. The number of aliphatic carboxylic acids is 1. The van der Waals surface area contributed by atoms with Gasteiger partial charge in [-0.05, 0) is 39.7 Å². The van der Waals surface area contributed by atoms with Crippen molar-refractivity contribution in [1.29, 1.82) is 0 Å². The van der Waals surface area contributed by atoms with E-state index >= 15 is 0 Å². The van der Waals surface area contributed by atoms with E-state index in [0.29, 0.717) is 6.42 Å². The van der Waals surface area contributed by atoms with Crippen LogP contribution in [-0.4, -0.2) is 40.3 Å². The van der Waals surface area contributed by atoms with Gasteiger partial charge >= 0.3 is 12.1 Å². The Hall–Kier alpha value is -2.04. The highest BCUT2D eigenvalue weighted by atomic mass is 16.6. The van der Waals surface area contributed by atoms with Gasteiger partial charge in [-0.2, -0.15) is 0 Å². The van der Waals surface area contributed by atoms with Crippen molar-refractivity contribution in [2.24, 2.45) is 0 Å². The van der Waals surface area contributed by atoms with Gasteiger partial charge in [-0.25, -0.2) is 4.79 Å². The van der Waals surface area contributed by atoms with Crippen LogP contribution in [0.3, 0.4) is 0 Å². The topological polar surface area (TPSA) is 66.8 Å². The summed E-state index contributed by atoms with van der Waals surface area (Å²) in [6.45, 7) is 7.42. The molecular weight excluding hydrogens is 282 g/mol. The van der Waals surface area contributed by atoms with Crippen molar-refractivity contribution in [3.05, 3.63) is 35.9 Å². The highest BCUT2D eigenvalue weighted by Crippen LogP contribution is 2.15. The van der Waals surface area contributed by atoms with E-state index in [1.807, 2.05) is 37.3 Å². The second-order valence-electron chi connectivity index (χ2n) is 6.36. The van der Waals surface area contributed by atoms with Gasteiger partial charge in [0.25, 0.3) is 0 Å². The summed E-state index contributed by atoms with van der Waals surface area (Å²) in [5, 5.41) is 8.87. The summed E-state index contributed by atoms with van der Waals surface area (Å²) in [4.78, 5) is 24.6. The molecule has 1 aromatic rings. The molecule has 0 aliphatic carbocycles. The largest absolute Gasteiger partial charge is 0.481 e. The van der Waals surface area contributed by atoms with E-state index in [1.165, 1.54) is 4.90 Å². The van der Waals surface area contributed by atoms with Crippen LogP contribution in [0.15, 0.2) is 30.3 Å². The number of rotatable bonds is 6. The fourth-order valence-corrected chi connectivity index (χ4v) is 2.09. The SMILES string of the molecule is C[C@H](Cc1ccccc1)N(CCC(=O)O)C(=O)OC(C)(C)C. The first kappa shape index (κ1) is 18.0. The van der Waals surface area contributed by atoms with E-state index in [2.05, 4.69) is 0 Å². The number of amides is 1. The molecule has 0 fully saturated rings.